The maximum atomic E-state index is 11.7. The van der Waals surface area contributed by atoms with Gasteiger partial charge in [-0.25, -0.2) is 10.4 Å². The quantitative estimate of drug-likeness (QED) is 0.650. The fourth-order valence-electron chi connectivity index (χ4n) is 1.51. The third-order valence-electron chi connectivity index (χ3n) is 2.53. The van der Waals surface area contributed by atoms with Gasteiger partial charge in [-0.05, 0) is 36.2 Å². The van der Waals surface area contributed by atoms with Crippen LogP contribution in [0.5, 0.6) is 5.75 Å². The molecule has 1 aromatic heterocycles. The molecule has 2 rings (SSSR count). The maximum Gasteiger partial charge on any atom is 0.291 e. The van der Waals surface area contributed by atoms with Crippen molar-refractivity contribution in [3.05, 3.63) is 54.1 Å². The van der Waals surface area contributed by atoms with Gasteiger partial charge in [0.1, 0.15) is 11.4 Å². The molecule has 1 amide bonds. The lowest BCUT2D eigenvalue weighted by Gasteiger charge is -2.03. The molecule has 2 aromatic rings. The molecule has 0 fully saturated rings. The molecular weight excluding hydrogens is 268 g/mol. The zero-order valence-corrected chi connectivity index (χ0v) is 11.7. The molecule has 6 heteroatoms. The van der Waals surface area contributed by atoms with Crippen molar-refractivity contribution in [2.75, 3.05) is 6.61 Å². The van der Waals surface area contributed by atoms with Crippen molar-refractivity contribution in [2.45, 2.75) is 13.3 Å². The summed E-state index contributed by atoms with van der Waals surface area (Å²) in [5.41, 5.74) is 3.47. The third-order valence-corrected chi connectivity index (χ3v) is 2.53. The predicted octanol–water partition coefficient (Wildman–Crippen LogP) is 2.03. The van der Waals surface area contributed by atoms with E-state index in [1.807, 2.05) is 24.3 Å². The number of hydrazone groups is 1. The van der Waals surface area contributed by atoms with Gasteiger partial charge in [0.25, 0.3) is 5.91 Å². The molecule has 6 nitrogen and oxygen atoms in total. The Balaban J connectivity index is 1.88. The summed E-state index contributed by atoms with van der Waals surface area (Å²) in [5, 5.41) is 3.88. The Kier molecular flexibility index (Phi) is 5.40. The Morgan fingerprint density at radius 1 is 1.33 bits per heavy atom. The average Bonchev–Trinajstić information content (AvgIpc) is 2.55. The normalized spacial score (nSPS) is 10.5. The Labute approximate surface area is 122 Å². The molecule has 0 unspecified atom stereocenters. The molecule has 108 valence electrons. The highest BCUT2D eigenvalue weighted by molar-refractivity contribution is 5.92. The molecule has 0 aliphatic heterocycles. The van der Waals surface area contributed by atoms with Crippen LogP contribution in [-0.4, -0.2) is 28.7 Å². The van der Waals surface area contributed by atoms with E-state index in [2.05, 4.69) is 27.4 Å². The first kappa shape index (κ1) is 14.6. The molecule has 21 heavy (non-hydrogen) atoms. The van der Waals surface area contributed by atoms with Crippen LogP contribution in [-0.2, 0) is 0 Å². The molecule has 0 bridgehead atoms. The van der Waals surface area contributed by atoms with E-state index in [1.165, 1.54) is 18.6 Å². The summed E-state index contributed by atoms with van der Waals surface area (Å²) in [6.07, 6.45) is 6.86. The number of carbonyl (C=O) groups is 1. The second-order valence-corrected chi connectivity index (χ2v) is 4.21. The fraction of sp³-hybridized carbons (Fsp3) is 0.200. The van der Waals surface area contributed by atoms with Crippen molar-refractivity contribution < 1.29 is 9.53 Å². The van der Waals surface area contributed by atoms with Gasteiger partial charge in [0.2, 0.25) is 0 Å². The molecule has 1 aromatic carbocycles. The number of hydrogen-bond acceptors (Lipinski definition) is 5. The van der Waals surface area contributed by atoms with E-state index in [-0.39, 0.29) is 5.69 Å². The van der Waals surface area contributed by atoms with E-state index >= 15 is 0 Å². The summed E-state index contributed by atoms with van der Waals surface area (Å²) >= 11 is 0. The zero-order valence-electron chi connectivity index (χ0n) is 11.7. The Bertz CT molecular complexity index is 597. The molecular formula is C15H16N4O2. The van der Waals surface area contributed by atoms with Crippen LogP contribution in [0, 0.1) is 0 Å². The van der Waals surface area contributed by atoms with E-state index in [9.17, 15) is 4.79 Å². The number of nitrogens with one attached hydrogen (secondary N) is 1. The van der Waals surface area contributed by atoms with Crippen LogP contribution in [0.1, 0.15) is 29.4 Å². The summed E-state index contributed by atoms with van der Waals surface area (Å²) in [6, 6.07) is 7.45. The second-order valence-electron chi connectivity index (χ2n) is 4.21. The number of hydrogen-bond donors (Lipinski definition) is 1. The summed E-state index contributed by atoms with van der Waals surface area (Å²) in [5.74, 6) is 0.417. The van der Waals surface area contributed by atoms with Crippen molar-refractivity contribution in [3.63, 3.8) is 0 Å². The van der Waals surface area contributed by atoms with Gasteiger partial charge >= 0.3 is 0 Å². The van der Waals surface area contributed by atoms with Gasteiger partial charge in [-0.15, -0.1) is 0 Å². The van der Waals surface area contributed by atoms with Crippen molar-refractivity contribution in [2.24, 2.45) is 5.10 Å². The number of aromatic nitrogens is 2. The molecule has 0 aliphatic carbocycles. The van der Waals surface area contributed by atoms with Gasteiger partial charge < -0.3 is 4.74 Å². The number of carbonyl (C=O) groups excluding carboxylic acids is 1. The fourth-order valence-corrected chi connectivity index (χ4v) is 1.51. The van der Waals surface area contributed by atoms with Crippen molar-refractivity contribution in [1.82, 2.24) is 15.4 Å². The molecule has 0 saturated carbocycles. The molecule has 1 heterocycles. The largest absolute Gasteiger partial charge is 0.494 e. The van der Waals surface area contributed by atoms with Gasteiger partial charge in [0.15, 0.2) is 0 Å². The summed E-state index contributed by atoms with van der Waals surface area (Å²) in [6.45, 7) is 2.75. The van der Waals surface area contributed by atoms with E-state index in [0.717, 1.165) is 17.7 Å². The van der Waals surface area contributed by atoms with E-state index < -0.39 is 5.91 Å². The van der Waals surface area contributed by atoms with Crippen LogP contribution in [0.2, 0.25) is 0 Å². The molecule has 0 aliphatic rings. The topological polar surface area (TPSA) is 76.5 Å². The number of ether oxygens (including phenoxy) is 1. The van der Waals surface area contributed by atoms with Crippen molar-refractivity contribution >= 4 is 12.1 Å². The van der Waals surface area contributed by atoms with E-state index in [0.29, 0.717) is 6.61 Å². The molecule has 0 spiro atoms. The van der Waals surface area contributed by atoms with Crippen LogP contribution in [0.3, 0.4) is 0 Å². The first-order valence-electron chi connectivity index (χ1n) is 6.62. The third kappa shape index (κ3) is 4.68. The predicted molar refractivity (Wildman–Crippen MR) is 79.3 cm³/mol. The van der Waals surface area contributed by atoms with E-state index in [4.69, 9.17) is 4.74 Å². The summed E-state index contributed by atoms with van der Waals surface area (Å²) < 4.78 is 5.48. The van der Waals surface area contributed by atoms with Gasteiger partial charge in [-0.3, -0.25) is 9.78 Å². The van der Waals surface area contributed by atoms with E-state index in [1.54, 1.807) is 6.21 Å². The van der Waals surface area contributed by atoms with Crippen molar-refractivity contribution in [1.29, 1.82) is 0 Å². The van der Waals surface area contributed by atoms with Crippen LogP contribution >= 0.6 is 0 Å². The Hall–Kier alpha value is -2.76. The number of amides is 1. The maximum absolute atomic E-state index is 11.7. The number of nitrogens with zero attached hydrogens (tertiary/aromatic N) is 3. The van der Waals surface area contributed by atoms with Gasteiger partial charge in [-0.2, -0.15) is 5.10 Å². The molecule has 0 atom stereocenters. The lowest BCUT2D eigenvalue weighted by atomic mass is 10.2. The first-order valence-corrected chi connectivity index (χ1v) is 6.62. The minimum Gasteiger partial charge on any atom is -0.494 e. The van der Waals surface area contributed by atoms with Crippen LogP contribution in [0.25, 0.3) is 0 Å². The highest BCUT2D eigenvalue weighted by Crippen LogP contribution is 2.11. The van der Waals surface area contributed by atoms with Crippen molar-refractivity contribution in [3.8, 4) is 5.75 Å². The smallest absolute Gasteiger partial charge is 0.291 e. The SMILES string of the molecule is CCCOc1ccc(/C=N\NC(=O)c2cnccn2)cc1. The number of benzene rings is 1. The van der Waals surface area contributed by atoms with Crippen LogP contribution in [0.4, 0.5) is 0 Å². The van der Waals surface area contributed by atoms with Gasteiger partial charge in [0.05, 0.1) is 19.0 Å². The molecule has 0 radical (unpaired) electrons. The summed E-state index contributed by atoms with van der Waals surface area (Å²) in [4.78, 5) is 19.4. The van der Waals surface area contributed by atoms with Gasteiger partial charge in [-0.1, -0.05) is 6.92 Å². The summed E-state index contributed by atoms with van der Waals surface area (Å²) in [7, 11) is 0. The highest BCUT2D eigenvalue weighted by Gasteiger charge is 2.04. The van der Waals surface area contributed by atoms with Crippen LogP contribution < -0.4 is 10.2 Å². The zero-order chi connectivity index (χ0) is 14.9. The van der Waals surface area contributed by atoms with Gasteiger partial charge in [0, 0.05) is 12.4 Å². The lowest BCUT2D eigenvalue weighted by Crippen LogP contribution is -2.19. The second kappa shape index (κ2) is 7.74. The Morgan fingerprint density at radius 3 is 2.81 bits per heavy atom. The lowest BCUT2D eigenvalue weighted by molar-refractivity contribution is 0.0949. The number of rotatable bonds is 6. The molecule has 0 saturated heterocycles. The monoisotopic (exact) mass is 284 g/mol. The average molecular weight is 284 g/mol. The molecule has 1 N–H and O–H groups in total. The Morgan fingerprint density at radius 2 is 2.14 bits per heavy atom. The highest BCUT2D eigenvalue weighted by atomic mass is 16.5. The standard InChI is InChI=1S/C15H16N4O2/c1-2-9-21-13-5-3-12(4-6-13)10-18-19-15(20)14-11-16-7-8-17-14/h3-8,10-11H,2,9H2,1H3,(H,19,20)/b18-10-. The van der Waals surface area contributed by atoms with Crippen LogP contribution in [0.15, 0.2) is 48.0 Å². The minimum absolute atomic E-state index is 0.220. The first-order chi connectivity index (χ1) is 10.3. The minimum atomic E-state index is -0.401.